The molecule has 0 aromatic carbocycles. The van der Waals surface area contributed by atoms with Crippen LogP contribution in [0.1, 0.15) is 19.3 Å². The van der Waals surface area contributed by atoms with Crippen LogP contribution in [0.25, 0.3) is 0 Å². The Morgan fingerprint density at radius 3 is 2.62 bits per heavy atom. The van der Waals surface area contributed by atoms with Gasteiger partial charge in [-0.05, 0) is 37.2 Å². The zero-order valence-electron chi connectivity index (χ0n) is 7.95. The van der Waals surface area contributed by atoms with Crippen LogP contribution in [0.4, 0.5) is 0 Å². The van der Waals surface area contributed by atoms with Gasteiger partial charge in [0.1, 0.15) is 0 Å². The second-order valence-electron chi connectivity index (χ2n) is 3.68. The lowest BCUT2D eigenvalue weighted by atomic mass is 9.80. The van der Waals surface area contributed by atoms with E-state index in [-0.39, 0.29) is 6.54 Å². The molecule has 1 aliphatic carbocycles. The van der Waals surface area contributed by atoms with Crippen LogP contribution in [-0.2, 0) is 4.79 Å². The Balaban J connectivity index is 2.64. The van der Waals surface area contributed by atoms with Gasteiger partial charge >= 0.3 is 5.97 Å². The van der Waals surface area contributed by atoms with E-state index in [1.807, 2.05) is 6.26 Å². The number of rotatable bonds is 6. The van der Waals surface area contributed by atoms with Crippen LogP contribution in [0.2, 0.25) is 0 Å². The molecule has 0 amide bonds. The Morgan fingerprint density at radius 2 is 2.31 bits per heavy atom. The van der Waals surface area contributed by atoms with Gasteiger partial charge in [0.05, 0.1) is 5.41 Å². The first-order valence-corrected chi connectivity index (χ1v) is 5.99. The SMILES string of the molecule is CSCCC(CN)(C(=O)O)C1CC1. The standard InChI is InChI=1S/C9H17NO2S/c1-13-5-4-9(6-10,8(11)12)7-2-3-7/h7H,2-6,10H2,1H3,(H,11,12). The number of thioether (sulfide) groups is 1. The summed E-state index contributed by atoms with van der Waals surface area (Å²) in [5, 5.41) is 9.17. The number of nitrogens with two attached hydrogens (primary N) is 1. The fourth-order valence-electron chi connectivity index (χ4n) is 1.76. The molecule has 0 saturated heterocycles. The predicted octanol–water partition coefficient (Wildman–Crippen LogP) is 1.18. The average Bonchev–Trinajstić information content (AvgIpc) is 2.90. The van der Waals surface area contributed by atoms with Crippen molar-refractivity contribution in [1.82, 2.24) is 0 Å². The van der Waals surface area contributed by atoms with Gasteiger partial charge in [0.15, 0.2) is 0 Å². The maximum Gasteiger partial charge on any atom is 0.311 e. The first kappa shape index (κ1) is 10.9. The van der Waals surface area contributed by atoms with E-state index in [9.17, 15) is 9.90 Å². The Morgan fingerprint density at radius 1 is 1.69 bits per heavy atom. The highest BCUT2D eigenvalue weighted by atomic mass is 32.2. The summed E-state index contributed by atoms with van der Waals surface area (Å²) in [5.74, 6) is 0.522. The van der Waals surface area contributed by atoms with E-state index in [0.717, 1.165) is 18.6 Å². The maximum absolute atomic E-state index is 11.2. The zero-order valence-corrected chi connectivity index (χ0v) is 8.77. The molecule has 0 heterocycles. The first-order chi connectivity index (χ1) is 6.17. The highest BCUT2D eigenvalue weighted by molar-refractivity contribution is 7.98. The molecule has 0 aromatic heterocycles. The van der Waals surface area contributed by atoms with Crippen LogP contribution in [0.15, 0.2) is 0 Å². The average molecular weight is 203 g/mol. The lowest BCUT2D eigenvalue weighted by Gasteiger charge is -2.27. The monoisotopic (exact) mass is 203 g/mol. The molecule has 3 nitrogen and oxygen atoms in total. The van der Waals surface area contributed by atoms with Gasteiger partial charge in [0.25, 0.3) is 0 Å². The molecule has 1 aliphatic rings. The number of hydrogen-bond acceptors (Lipinski definition) is 3. The van der Waals surface area contributed by atoms with Crippen molar-refractivity contribution in [2.45, 2.75) is 19.3 Å². The molecular weight excluding hydrogens is 186 g/mol. The van der Waals surface area contributed by atoms with Crippen molar-refractivity contribution in [3.8, 4) is 0 Å². The summed E-state index contributed by atoms with van der Waals surface area (Å²) in [5.41, 5.74) is 4.98. The van der Waals surface area contributed by atoms with Crippen LogP contribution in [0, 0.1) is 11.3 Å². The fourth-order valence-corrected chi connectivity index (χ4v) is 2.33. The van der Waals surface area contributed by atoms with E-state index < -0.39 is 11.4 Å². The summed E-state index contributed by atoms with van der Waals surface area (Å²) < 4.78 is 0. The first-order valence-electron chi connectivity index (χ1n) is 4.60. The minimum Gasteiger partial charge on any atom is -0.481 e. The van der Waals surface area contributed by atoms with Crippen LogP contribution in [-0.4, -0.2) is 29.6 Å². The minimum atomic E-state index is -0.702. The molecule has 1 fully saturated rings. The second kappa shape index (κ2) is 4.33. The van der Waals surface area contributed by atoms with Gasteiger partial charge < -0.3 is 10.8 Å². The smallest absolute Gasteiger partial charge is 0.311 e. The Labute approximate surface area is 83.1 Å². The Kier molecular flexibility index (Phi) is 3.62. The number of carboxylic acid groups (broad SMARTS) is 1. The second-order valence-corrected chi connectivity index (χ2v) is 4.67. The van der Waals surface area contributed by atoms with Crippen LogP contribution >= 0.6 is 11.8 Å². The van der Waals surface area contributed by atoms with Crippen LogP contribution in [0.5, 0.6) is 0 Å². The van der Waals surface area contributed by atoms with E-state index in [0.29, 0.717) is 12.3 Å². The third kappa shape index (κ3) is 2.17. The van der Waals surface area contributed by atoms with E-state index in [2.05, 4.69) is 0 Å². The summed E-state index contributed by atoms with van der Waals surface area (Å²) in [7, 11) is 0. The topological polar surface area (TPSA) is 63.3 Å². The van der Waals surface area contributed by atoms with Crippen molar-refractivity contribution in [3.63, 3.8) is 0 Å². The van der Waals surface area contributed by atoms with Gasteiger partial charge in [-0.3, -0.25) is 4.79 Å². The lowest BCUT2D eigenvalue weighted by Crippen LogP contribution is -2.41. The number of carbonyl (C=O) groups is 1. The lowest BCUT2D eigenvalue weighted by molar-refractivity contribution is -0.149. The number of aliphatic carboxylic acids is 1. The van der Waals surface area contributed by atoms with E-state index in [1.54, 1.807) is 11.8 Å². The normalized spacial score (nSPS) is 21.1. The molecule has 1 unspecified atom stereocenters. The maximum atomic E-state index is 11.2. The highest BCUT2D eigenvalue weighted by Crippen LogP contribution is 2.47. The summed E-state index contributed by atoms with van der Waals surface area (Å²) in [6, 6.07) is 0. The van der Waals surface area contributed by atoms with Crippen molar-refractivity contribution in [1.29, 1.82) is 0 Å². The fraction of sp³-hybridized carbons (Fsp3) is 0.889. The third-order valence-corrected chi connectivity index (χ3v) is 3.51. The van der Waals surface area contributed by atoms with Gasteiger partial charge in [-0.25, -0.2) is 0 Å². The van der Waals surface area contributed by atoms with E-state index >= 15 is 0 Å². The molecule has 0 aliphatic heterocycles. The van der Waals surface area contributed by atoms with E-state index in [4.69, 9.17) is 5.73 Å². The van der Waals surface area contributed by atoms with Crippen LogP contribution in [0.3, 0.4) is 0 Å². The van der Waals surface area contributed by atoms with Crippen molar-refractivity contribution >= 4 is 17.7 Å². The molecule has 76 valence electrons. The van der Waals surface area contributed by atoms with Crippen LogP contribution < -0.4 is 5.73 Å². The molecule has 13 heavy (non-hydrogen) atoms. The summed E-state index contributed by atoms with van der Waals surface area (Å²) in [6.45, 7) is 0.285. The van der Waals surface area contributed by atoms with E-state index in [1.165, 1.54) is 0 Å². The molecule has 1 saturated carbocycles. The number of hydrogen-bond donors (Lipinski definition) is 2. The van der Waals surface area contributed by atoms with Crippen molar-refractivity contribution in [3.05, 3.63) is 0 Å². The molecular formula is C9H17NO2S. The largest absolute Gasteiger partial charge is 0.481 e. The Hall–Kier alpha value is -0.220. The van der Waals surface area contributed by atoms with Gasteiger partial charge in [-0.2, -0.15) is 11.8 Å². The molecule has 0 radical (unpaired) electrons. The van der Waals surface area contributed by atoms with Gasteiger partial charge in [-0.15, -0.1) is 0 Å². The van der Waals surface area contributed by atoms with Crippen molar-refractivity contribution in [2.24, 2.45) is 17.1 Å². The predicted molar refractivity (Wildman–Crippen MR) is 54.8 cm³/mol. The molecule has 0 bridgehead atoms. The molecule has 0 aromatic rings. The molecule has 1 atom stereocenters. The van der Waals surface area contributed by atoms with Gasteiger partial charge in [0.2, 0.25) is 0 Å². The minimum absolute atomic E-state index is 0.285. The zero-order chi connectivity index (χ0) is 9.90. The molecule has 0 spiro atoms. The molecule has 3 N–H and O–H groups in total. The molecule has 4 heteroatoms. The quantitative estimate of drug-likeness (QED) is 0.680. The van der Waals surface area contributed by atoms with Gasteiger partial charge in [-0.1, -0.05) is 0 Å². The van der Waals surface area contributed by atoms with Crippen molar-refractivity contribution < 1.29 is 9.90 Å². The summed E-state index contributed by atoms with van der Waals surface area (Å²) in [6.07, 6.45) is 4.79. The number of carboxylic acids is 1. The highest BCUT2D eigenvalue weighted by Gasteiger charge is 2.49. The van der Waals surface area contributed by atoms with Gasteiger partial charge in [0, 0.05) is 6.54 Å². The summed E-state index contributed by atoms with van der Waals surface area (Å²) >= 11 is 1.69. The Bertz CT molecular complexity index is 194. The molecule has 1 rings (SSSR count). The third-order valence-electron chi connectivity index (χ3n) is 2.90. The van der Waals surface area contributed by atoms with Crippen molar-refractivity contribution in [2.75, 3.05) is 18.6 Å². The summed E-state index contributed by atoms with van der Waals surface area (Å²) in [4.78, 5) is 11.2.